The minimum absolute atomic E-state index is 0.00503. The van der Waals surface area contributed by atoms with Crippen LogP contribution in [-0.4, -0.2) is 36.5 Å². The molecule has 35 heavy (non-hydrogen) atoms. The molecule has 9 nitrogen and oxygen atoms in total. The topological polar surface area (TPSA) is 112 Å². The number of halogens is 2. The van der Waals surface area contributed by atoms with E-state index in [0.29, 0.717) is 23.4 Å². The Morgan fingerprint density at radius 3 is 2.63 bits per heavy atom. The summed E-state index contributed by atoms with van der Waals surface area (Å²) in [5, 5.41) is -0.275. The largest absolute Gasteiger partial charge is 0.487 e. The van der Waals surface area contributed by atoms with Crippen LogP contribution in [0.5, 0.6) is 11.6 Å². The molecule has 0 aliphatic carbocycles. The van der Waals surface area contributed by atoms with Gasteiger partial charge in [0.15, 0.2) is 0 Å². The summed E-state index contributed by atoms with van der Waals surface area (Å²) >= 11 is 5.94. The van der Waals surface area contributed by atoms with Crippen LogP contribution in [0.25, 0.3) is 16.8 Å². The van der Waals surface area contributed by atoms with E-state index in [1.54, 1.807) is 18.3 Å². The molecule has 0 spiro atoms. The second kappa shape index (κ2) is 9.88. The van der Waals surface area contributed by atoms with E-state index in [1.165, 1.54) is 30.0 Å². The summed E-state index contributed by atoms with van der Waals surface area (Å²) < 4.78 is 53.6. The van der Waals surface area contributed by atoms with Crippen LogP contribution >= 0.6 is 11.6 Å². The Bertz CT molecular complexity index is 1580. The van der Waals surface area contributed by atoms with Crippen molar-refractivity contribution in [3.05, 3.63) is 76.2 Å². The molecule has 4 rings (SSSR count). The number of hydrogen-bond donors (Lipinski definition) is 1. The molecule has 0 amide bonds. The van der Waals surface area contributed by atoms with Gasteiger partial charge in [0.25, 0.3) is 15.6 Å². The van der Waals surface area contributed by atoms with Gasteiger partial charge in [0.1, 0.15) is 22.0 Å². The molecule has 0 unspecified atom stereocenters. The predicted octanol–water partition coefficient (Wildman–Crippen LogP) is 4.15. The summed E-state index contributed by atoms with van der Waals surface area (Å²) in [7, 11) is -2.86. The molecule has 0 bridgehead atoms. The average molecular weight is 519 g/mol. The number of sulfonamides is 1. The van der Waals surface area contributed by atoms with Crippen LogP contribution in [-0.2, 0) is 10.0 Å². The van der Waals surface area contributed by atoms with Crippen molar-refractivity contribution in [2.24, 2.45) is 0 Å². The highest BCUT2D eigenvalue weighted by Gasteiger charge is 2.21. The average Bonchev–Trinajstić information content (AvgIpc) is 2.83. The standard InChI is InChI=1S/C23H20ClFN4O5S/c1-3-8-34-19-12-26-21-7-4-14(13-29(21)23(19)30)15-9-18(22(33-2)27-11-15)28-35(31,32)20-6-5-16(25)10-17(20)24/h4-7,9-13,28H,3,8H2,1-2H3. The Labute approximate surface area is 205 Å². The number of benzene rings is 1. The van der Waals surface area contributed by atoms with Crippen LogP contribution in [0.1, 0.15) is 13.3 Å². The molecule has 182 valence electrons. The Balaban J connectivity index is 1.75. The van der Waals surface area contributed by atoms with Crippen LogP contribution in [0.2, 0.25) is 5.02 Å². The lowest BCUT2D eigenvalue weighted by molar-refractivity contribution is 0.311. The molecule has 0 saturated carbocycles. The highest BCUT2D eigenvalue weighted by Crippen LogP contribution is 2.31. The van der Waals surface area contributed by atoms with Gasteiger partial charge in [-0.3, -0.25) is 13.9 Å². The highest BCUT2D eigenvalue weighted by atomic mass is 35.5. The van der Waals surface area contributed by atoms with Crippen LogP contribution in [0.4, 0.5) is 10.1 Å². The summed E-state index contributed by atoms with van der Waals surface area (Å²) in [5.41, 5.74) is 1.11. The van der Waals surface area contributed by atoms with Crippen molar-refractivity contribution in [2.45, 2.75) is 18.2 Å². The molecule has 0 fully saturated rings. The van der Waals surface area contributed by atoms with Crippen molar-refractivity contribution in [2.75, 3.05) is 18.4 Å². The molecule has 4 aromatic rings. The molecular formula is C23H20ClFN4O5S. The summed E-state index contributed by atoms with van der Waals surface area (Å²) in [4.78, 5) is 20.9. The minimum Gasteiger partial charge on any atom is -0.487 e. The monoisotopic (exact) mass is 518 g/mol. The Hall–Kier alpha value is -3.70. The van der Waals surface area contributed by atoms with Gasteiger partial charge in [-0.2, -0.15) is 0 Å². The predicted molar refractivity (Wildman–Crippen MR) is 129 cm³/mol. The Morgan fingerprint density at radius 1 is 1.11 bits per heavy atom. The molecule has 0 saturated heterocycles. The smallest absolute Gasteiger partial charge is 0.300 e. The van der Waals surface area contributed by atoms with Gasteiger partial charge in [0, 0.05) is 23.5 Å². The van der Waals surface area contributed by atoms with E-state index >= 15 is 0 Å². The molecule has 12 heteroatoms. The van der Waals surface area contributed by atoms with E-state index in [2.05, 4.69) is 14.7 Å². The number of aromatic nitrogens is 3. The first kappa shape index (κ1) is 24.4. The number of anilines is 1. The third-order valence-corrected chi connectivity index (χ3v) is 6.79. The van der Waals surface area contributed by atoms with Crippen LogP contribution in [0, 0.1) is 5.82 Å². The lowest BCUT2D eigenvalue weighted by atomic mass is 10.1. The summed E-state index contributed by atoms with van der Waals surface area (Å²) in [6.07, 6.45) is 5.15. The van der Waals surface area contributed by atoms with E-state index in [0.717, 1.165) is 24.6 Å². The third kappa shape index (κ3) is 5.05. The van der Waals surface area contributed by atoms with Gasteiger partial charge in [0.2, 0.25) is 11.6 Å². The van der Waals surface area contributed by atoms with E-state index in [-0.39, 0.29) is 32.8 Å². The van der Waals surface area contributed by atoms with E-state index in [1.807, 2.05) is 6.92 Å². The molecule has 0 aliphatic heterocycles. The van der Waals surface area contributed by atoms with Crippen molar-refractivity contribution in [3.63, 3.8) is 0 Å². The molecule has 0 radical (unpaired) electrons. The van der Waals surface area contributed by atoms with E-state index in [9.17, 15) is 17.6 Å². The summed E-state index contributed by atoms with van der Waals surface area (Å²) in [6, 6.07) is 7.81. The van der Waals surface area contributed by atoms with Gasteiger partial charge in [-0.25, -0.2) is 22.8 Å². The second-order valence-corrected chi connectivity index (χ2v) is 9.44. The molecule has 1 aromatic carbocycles. The van der Waals surface area contributed by atoms with Crippen molar-refractivity contribution < 1.29 is 22.3 Å². The molecular weight excluding hydrogens is 499 g/mol. The number of pyridine rings is 2. The lowest BCUT2D eigenvalue weighted by Gasteiger charge is -2.14. The van der Waals surface area contributed by atoms with Crippen molar-refractivity contribution in [3.8, 4) is 22.8 Å². The van der Waals surface area contributed by atoms with Crippen molar-refractivity contribution >= 4 is 33.0 Å². The SMILES string of the molecule is CCCOc1cnc2ccc(-c3cnc(OC)c(NS(=O)(=O)c4ccc(F)cc4Cl)c3)cn2c1=O. The Kier molecular flexibility index (Phi) is 6.90. The van der Waals surface area contributed by atoms with E-state index < -0.39 is 15.8 Å². The minimum atomic E-state index is -4.20. The number of hydrogen-bond acceptors (Lipinski definition) is 7. The van der Waals surface area contributed by atoms with Crippen molar-refractivity contribution in [1.82, 2.24) is 14.4 Å². The lowest BCUT2D eigenvalue weighted by Crippen LogP contribution is -2.18. The fraction of sp³-hybridized carbons (Fsp3) is 0.174. The maximum Gasteiger partial charge on any atom is 0.300 e. The van der Waals surface area contributed by atoms with E-state index in [4.69, 9.17) is 21.1 Å². The number of fused-ring (bicyclic) bond motifs is 1. The number of rotatable bonds is 8. The number of methoxy groups -OCH3 is 1. The first-order valence-corrected chi connectivity index (χ1v) is 12.3. The maximum atomic E-state index is 13.4. The molecule has 3 aromatic heterocycles. The number of nitrogens with one attached hydrogen (secondary N) is 1. The fourth-order valence-corrected chi connectivity index (χ4v) is 4.86. The van der Waals surface area contributed by atoms with Crippen LogP contribution < -0.4 is 19.8 Å². The Morgan fingerprint density at radius 2 is 1.91 bits per heavy atom. The van der Waals surface area contributed by atoms with Crippen molar-refractivity contribution in [1.29, 1.82) is 0 Å². The fourth-order valence-electron chi connectivity index (χ4n) is 3.28. The molecule has 0 aliphatic rings. The zero-order valence-corrected chi connectivity index (χ0v) is 20.2. The summed E-state index contributed by atoms with van der Waals surface area (Å²) in [5.74, 6) is -0.538. The van der Waals surface area contributed by atoms with Gasteiger partial charge >= 0.3 is 0 Å². The van der Waals surface area contributed by atoms with Crippen LogP contribution in [0.3, 0.4) is 0 Å². The normalized spacial score (nSPS) is 11.4. The zero-order chi connectivity index (χ0) is 25.2. The number of ether oxygens (including phenoxy) is 2. The number of nitrogens with zero attached hydrogens (tertiary/aromatic N) is 3. The van der Waals surface area contributed by atoms with Gasteiger partial charge in [-0.15, -0.1) is 0 Å². The maximum absolute atomic E-state index is 13.4. The third-order valence-electron chi connectivity index (χ3n) is 4.94. The second-order valence-electron chi connectivity index (χ2n) is 7.38. The first-order valence-electron chi connectivity index (χ1n) is 10.4. The van der Waals surface area contributed by atoms with Gasteiger partial charge < -0.3 is 9.47 Å². The van der Waals surface area contributed by atoms with Gasteiger partial charge in [0.05, 0.1) is 24.9 Å². The van der Waals surface area contributed by atoms with Gasteiger partial charge in [-0.1, -0.05) is 18.5 Å². The zero-order valence-electron chi connectivity index (χ0n) is 18.7. The molecule has 1 N–H and O–H groups in total. The quantitative estimate of drug-likeness (QED) is 0.373. The first-order chi connectivity index (χ1) is 16.7. The highest BCUT2D eigenvalue weighted by molar-refractivity contribution is 7.92. The summed E-state index contributed by atoms with van der Waals surface area (Å²) in [6.45, 7) is 2.31. The van der Waals surface area contributed by atoms with Gasteiger partial charge in [-0.05, 0) is 42.8 Å². The molecule has 0 atom stereocenters. The van der Waals surface area contributed by atoms with Crippen LogP contribution in [0.15, 0.2) is 64.7 Å². The molecule has 3 heterocycles.